The number of nitrogens with one attached hydrogen (secondary N) is 2. The van der Waals surface area contributed by atoms with Crippen LogP contribution in [0, 0.1) is 5.92 Å². The minimum atomic E-state index is -0.770. The summed E-state index contributed by atoms with van der Waals surface area (Å²) in [7, 11) is 0. The van der Waals surface area contributed by atoms with E-state index in [0.29, 0.717) is 25.3 Å². The van der Waals surface area contributed by atoms with Crippen LogP contribution < -0.4 is 10.6 Å². The summed E-state index contributed by atoms with van der Waals surface area (Å²) < 4.78 is 0. The molecule has 3 fully saturated rings. The molecule has 1 aliphatic carbocycles. The standard InChI is InChI=1S/C20H34N4O3.ClH/c1-3-13-23(16-7-11-21-12-8-16)17(25)14-24-18(26)20(22-19(24)27)9-5-15(4-2)6-10-20;/h15-16,21H,3-14H2,1-2H3,(H,22,27);1H. The molecular weight excluding hydrogens is 380 g/mol. The van der Waals surface area contributed by atoms with Gasteiger partial charge in [-0.15, -0.1) is 12.4 Å². The quantitative estimate of drug-likeness (QED) is 0.653. The highest BCUT2D eigenvalue weighted by atomic mass is 35.5. The molecule has 3 rings (SSSR count). The third-order valence-electron chi connectivity index (χ3n) is 6.61. The van der Waals surface area contributed by atoms with E-state index in [1.54, 1.807) is 0 Å². The van der Waals surface area contributed by atoms with Gasteiger partial charge in [0.15, 0.2) is 0 Å². The van der Waals surface area contributed by atoms with Crippen molar-refractivity contribution < 1.29 is 14.4 Å². The number of amides is 4. The summed E-state index contributed by atoms with van der Waals surface area (Å²) in [5, 5.41) is 6.24. The fourth-order valence-electron chi connectivity index (χ4n) is 4.83. The molecule has 3 aliphatic rings. The zero-order valence-electron chi connectivity index (χ0n) is 17.2. The summed E-state index contributed by atoms with van der Waals surface area (Å²) in [4.78, 5) is 41.6. The fraction of sp³-hybridized carbons (Fsp3) is 0.850. The van der Waals surface area contributed by atoms with E-state index in [-0.39, 0.29) is 36.8 Å². The lowest BCUT2D eigenvalue weighted by atomic mass is 9.75. The Morgan fingerprint density at radius 2 is 1.79 bits per heavy atom. The van der Waals surface area contributed by atoms with Gasteiger partial charge in [-0.1, -0.05) is 20.3 Å². The van der Waals surface area contributed by atoms with Crippen LogP contribution in [0.3, 0.4) is 0 Å². The second-order valence-electron chi connectivity index (χ2n) is 8.32. The highest BCUT2D eigenvalue weighted by Crippen LogP contribution is 2.37. The molecule has 0 aromatic rings. The number of hydrogen-bond donors (Lipinski definition) is 2. The Morgan fingerprint density at radius 3 is 2.36 bits per heavy atom. The van der Waals surface area contributed by atoms with Gasteiger partial charge in [-0.2, -0.15) is 0 Å². The van der Waals surface area contributed by atoms with Crippen LogP contribution >= 0.6 is 12.4 Å². The van der Waals surface area contributed by atoms with Crippen molar-refractivity contribution in [2.45, 2.75) is 76.8 Å². The van der Waals surface area contributed by atoms with Crippen molar-refractivity contribution in [2.24, 2.45) is 5.92 Å². The largest absolute Gasteiger partial charge is 0.338 e. The SMILES string of the molecule is CCCN(C(=O)CN1C(=O)NC2(CCC(CC)CC2)C1=O)C1CCNCC1.Cl. The molecule has 1 spiro atoms. The van der Waals surface area contributed by atoms with Gasteiger partial charge in [0.1, 0.15) is 12.1 Å². The molecule has 2 N–H and O–H groups in total. The Balaban J connectivity index is 0.00000280. The Morgan fingerprint density at radius 1 is 1.14 bits per heavy atom. The molecule has 0 atom stereocenters. The first-order valence-corrected chi connectivity index (χ1v) is 10.6. The molecule has 7 nitrogen and oxygen atoms in total. The summed E-state index contributed by atoms with van der Waals surface area (Å²) in [5.41, 5.74) is -0.770. The number of carbonyl (C=O) groups excluding carboxylic acids is 3. The first-order chi connectivity index (χ1) is 13.0. The van der Waals surface area contributed by atoms with Crippen LogP contribution in [0.15, 0.2) is 0 Å². The summed E-state index contributed by atoms with van der Waals surface area (Å²) in [5.74, 6) is 0.333. The number of urea groups is 1. The van der Waals surface area contributed by atoms with Crippen molar-refractivity contribution in [1.29, 1.82) is 0 Å². The number of nitrogens with zero attached hydrogens (tertiary/aromatic N) is 2. The molecule has 0 bridgehead atoms. The van der Waals surface area contributed by atoms with Gasteiger partial charge in [-0.05, 0) is 64.0 Å². The van der Waals surface area contributed by atoms with Crippen molar-refractivity contribution in [3.63, 3.8) is 0 Å². The molecule has 2 saturated heterocycles. The zero-order valence-corrected chi connectivity index (χ0v) is 18.0. The van der Waals surface area contributed by atoms with Gasteiger partial charge in [0, 0.05) is 12.6 Å². The van der Waals surface area contributed by atoms with Gasteiger partial charge in [0.2, 0.25) is 5.91 Å². The van der Waals surface area contributed by atoms with E-state index in [2.05, 4.69) is 24.5 Å². The van der Waals surface area contributed by atoms with Crippen molar-refractivity contribution in [1.82, 2.24) is 20.4 Å². The molecule has 2 aliphatic heterocycles. The number of piperidine rings is 1. The van der Waals surface area contributed by atoms with Crippen molar-refractivity contribution >= 4 is 30.3 Å². The van der Waals surface area contributed by atoms with Gasteiger partial charge in [0.25, 0.3) is 5.91 Å². The van der Waals surface area contributed by atoms with Gasteiger partial charge >= 0.3 is 6.03 Å². The molecule has 0 aromatic heterocycles. The predicted molar refractivity (Wildman–Crippen MR) is 110 cm³/mol. The molecule has 0 aromatic carbocycles. The van der Waals surface area contributed by atoms with Crippen LogP contribution in [0.2, 0.25) is 0 Å². The van der Waals surface area contributed by atoms with Crippen molar-refractivity contribution in [2.75, 3.05) is 26.2 Å². The van der Waals surface area contributed by atoms with Gasteiger partial charge in [-0.25, -0.2) is 4.79 Å². The molecule has 1 saturated carbocycles. The molecule has 0 unspecified atom stereocenters. The van der Waals surface area contributed by atoms with E-state index in [0.717, 1.165) is 51.6 Å². The smallest absolute Gasteiger partial charge is 0.325 e. The lowest BCUT2D eigenvalue weighted by Gasteiger charge is -2.36. The fourth-order valence-corrected chi connectivity index (χ4v) is 4.83. The lowest BCUT2D eigenvalue weighted by molar-refractivity contribution is -0.141. The molecule has 28 heavy (non-hydrogen) atoms. The van der Waals surface area contributed by atoms with Crippen LogP contribution in [0.25, 0.3) is 0 Å². The summed E-state index contributed by atoms with van der Waals surface area (Å²) in [6.07, 6.45) is 7.13. The minimum Gasteiger partial charge on any atom is -0.338 e. The van der Waals surface area contributed by atoms with Gasteiger partial charge < -0.3 is 15.5 Å². The average Bonchev–Trinajstić information content (AvgIpc) is 2.91. The number of imide groups is 1. The van der Waals surface area contributed by atoms with E-state index >= 15 is 0 Å². The van der Waals surface area contributed by atoms with E-state index in [1.807, 2.05) is 4.90 Å². The average molecular weight is 415 g/mol. The topological polar surface area (TPSA) is 81.8 Å². The molecule has 160 valence electrons. The van der Waals surface area contributed by atoms with Crippen LogP contribution in [0.4, 0.5) is 4.79 Å². The van der Waals surface area contributed by atoms with E-state index in [4.69, 9.17) is 0 Å². The Bertz CT molecular complexity index is 572. The predicted octanol–water partition coefficient (Wildman–Crippen LogP) is 2.29. The summed E-state index contributed by atoms with van der Waals surface area (Å²) >= 11 is 0. The maximum absolute atomic E-state index is 13.0. The van der Waals surface area contributed by atoms with Crippen LogP contribution in [0.1, 0.15) is 65.2 Å². The number of carbonyl (C=O) groups is 3. The van der Waals surface area contributed by atoms with E-state index in [1.165, 1.54) is 4.90 Å². The third-order valence-corrected chi connectivity index (χ3v) is 6.61. The Hall–Kier alpha value is -1.34. The number of rotatable bonds is 6. The first kappa shape index (κ1) is 22.9. The highest BCUT2D eigenvalue weighted by molar-refractivity contribution is 6.09. The third kappa shape index (κ3) is 4.62. The highest BCUT2D eigenvalue weighted by Gasteiger charge is 2.52. The molecular formula is C20H35ClN4O3. The van der Waals surface area contributed by atoms with E-state index < -0.39 is 11.6 Å². The number of hydrogen-bond acceptors (Lipinski definition) is 4. The maximum atomic E-state index is 13.0. The molecule has 4 amide bonds. The van der Waals surface area contributed by atoms with Crippen LogP contribution in [-0.2, 0) is 9.59 Å². The monoisotopic (exact) mass is 414 g/mol. The van der Waals surface area contributed by atoms with Gasteiger partial charge in [-0.3, -0.25) is 14.5 Å². The van der Waals surface area contributed by atoms with Gasteiger partial charge in [0.05, 0.1) is 0 Å². The zero-order chi connectivity index (χ0) is 19.4. The molecule has 8 heteroatoms. The Kier molecular flexibility index (Phi) is 8.13. The molecule has 0 radical (unpaired) electrons. The first-order valence-electron chi connectivity index (χ1n) is 10.6. The van der Waals surface area contributed by atoms with Crippen molar-refractivity contribution in [3.8, 4) is 0 Å². The van der Waals surface area contributed by atoms with Crippen molar-refractivity contribution in [3.05, 3.63) is 0 Å². The summed E-state index contributed by atoms with van der Waals surface area (Å²) in [6.45, 7) is 6.58. The summed E-state index contributed by atoms with van der Waals surface area (Å²) in [6, 6.07) is -0.196. The van der Waals surface area contributed by atoms with Crippen LogP contribution in [-0.4, -0.2) is 65.4 Å². The number of halogens is 1. The van der Waals surface area contributed by atoms with Crippen LogP contribution in [0.5, 0.6) is 0 Å². The lowest BCUT2D eigenvalue weighted by Crippen LogP contribution is -2.52. The van der Waals surface area contributed by atoms with E-state index in [9.17, 15) is 14.4 Å². The second kappa shape index (κ2) is 9.92. The minimum absolute atomic E-state index is 0. The second-order valence-corrected chi connectivity index (χ2v) is 8.32. The normalized spacial score (nSPS) is 28.2. The Labute approximate surface area is 174 Å². The maximum Gasteiger partial charge on any atom is 0.325 e. The molecule has 2 heterocycles.